The quantitative estimate of drug-likeness (QED) is 0.849. The van der Waals surface area contributed by atoms with Gasteiger partial charge in [-0.3, -0.25) is 0 Å². The van der Waals surface area contributed by atoms with Gasteiger partial charge in [0.25, 0.3) is 0 Å². The Balaban J connectivity index is 2.24. The molecule has 0 aliphatic heterocycles. The lowest BCUT2D eigenvalue weighted by molar-refractivity contribution is 0.947. The normalized spacial score (nSPS) is 10.4. The molecule has 0 fully saturated rings. The molecule has 0 bridgehead atoms. The van der Waals surface area contributed by atoms with E-state index in [1.165, 1.54) is 5.56 Å². The Kier molecular flexibility index (Phi) is 4.95. The summed E-state index contributed by atoms with van der Waals surface area (Å²) in [5.74, 6) is 1.46. The zero-order valence-electron chi connectivity index (χ0n) is 12.0. The van der Waals surface area contributed by atoms with Gasteiger partial charge in [0.05, 0.1) is 5.69 Å². The summed E-state index contributed by atoms with van der Waals surface area (Å²) in [5, 5.41) is 6.55. The zero-order valence-corrected chi connectivity index (χ0v) is 13.6. The monoisotopic (exact) mass is 334 g/mol. The molecule has 0 saturated carbocycles. The minimum absolute atomic E-state index is 0.665. The number of hydrogen-bond acceptors (Lipinski definition) is 4. The van der Waals surface area contributed by atoms with Gasteiger partial charge in [0.15, 0.2) is 0 Å². The van der Waals surface area contributed by atoms with Crippen LogP contribution in [0.5, 0.6) is 0 Å². The van der Waals surface area contributed by atoms with E-state index in [2.05, 4.69) is 56.4 Å². The van der Waals surface area contributed by atoms with Gasteiger partial charge in [-0.05, 0) is 47.8 Å². The van der Waals surface area contributed by atoms with Gasteiger partial charge in [-0.2, -0.15) is 4.98 Å². The molecule has 0 aliphatic rings. The highest BCUT2D eigenvalue weighted by Gasteiger charge is 2.06. The molecule has 1 heterocycles. The molecule has 0 aliphatic carbocycles. The second kappa shape index (κ2) is 6.70. The molecule has 0 radical (unpaired) electrons. The lowest BCUT2D eigenvalue weighted by Gasteiger charge is -2.11. The van der Waals surface area contributed by atoms with Gasteiger partial charge in [-0.25, -0.2) is 4.98 Å². The third-order valence-corrected chi connectivity index (χ3v) is 3.89. The summed E-state index contributed by atoms with van der Waals surface area (Å²) in [5.41, 5.74) is 3.12. The summed E-state index contributed by atoms with van der Waals surface area (Å²) in [6.45, 7) is 7.02. The smallest absolute Gasteiger partial charge is 0.224 e. The fraction of sp³-hybridized carbons (Fsp3) is 0.333. The van der Waals surface area contributed by atoms with E-state index in [-0.39, 0.29) is 0 Å². The molecule has 106 valence electrons. The maximum atomic E-state index is 4.48. The fourth-order valence-electron chi connectivity index (χ4n) is 1.83. The summed E-state index contributed by atoms with van der Waals surface area (Å²) >= 11 is 3.60. The predicted molar refractivity (Wildman–Crippen MR) is 87.7 cm³/mol. The van der Waals surface area contributed by atoms with Crippen LogP contribution in [0.3, 0.4) is 0 Å². The van der Waals surface area contributed by atoms with Gasteiger partial charge in [0.2, 0.25) is 5.95 Å². The number of nitrogens with zero attached hydrogens (tertiary/aromatic N) is 2. The summed E-state index contributed by atoms with van der Waals surface area (Å²) in [6.07, 6.45) is 1.05. The van der Waals surface area contributed by atoms with Crippen molar-refractivity contribution in [3.05, 3.63) is 40.0 Å². The molecule has 2 rings (SSSR count). The second-order valence-electron chi connectivity index (χ2n) is 4.71. The van der Waals surface area contributed by atoms with Crippen molar-refractivity contribution in [3.63, 3.8) is 0 Å². The Morgan fingerprint density at radius 3 is 2.75 bits per heavy atom. The molecule has 0 unspecified atom stereocenters. The molecule has 0 amide bonds. The molecule has 0 saturated heterocycles. The van der Waals surface area contributed by atoms with Crippen molar-refractivity contribution in [2.45, 2.75) is 27.2 Å². The van der Waals surface area contributed by atoms with Crippen molar-refractivity contribution in [2.75, 3.05) is 17.2 Å². The standard InChI is InChI=1S/C15H19BrN4/c1-4-8-17-15-18-11(3)9-13(20-15)19-12-7-5-6-10(2)14(12)16/h5-7,9H,4,8H2,1-3H3,(H2,17,18,19,20). The van der Waals surface area contributed by atoms with Crippen LogP contribution >= 0.6 is 15.9 Å². The maximum Gasteiger partial charge on any atom is 0.224 e. The number of anilines is 3. The lowest BCUT2D eigenvalue weighted by atomic mass is 10.2. The van der Waals surface area contributed by atoms with Gasteiger partial charge in [0, 0.05) is 22.8 Å². The van der Waals surface area contributed by atoms with Crippen LogP contribution in [0.25, 0.3) is 0 Å². The molecule has 20 heavy (non-hydrogen) atoms. The van der Waals surface area contributed by atoms with Crippen molar-refractivity contribution in [1.29, 1.82) is 0 Å². The van der Waals surface area contributed by atoms with Crippen molar-refractivity contribution < 1.29 is 0 Å². The first-order valence-electron chi connectivity index (χ1n) is 6.72. The third-order valence-electron chi connectivity index (χ3n) is 2.84. The van der Waals surface area contributed by atoms with E-state index in [4.69, 9.17) is 0 Å². The molecule has 1 aromatic carbocycles. The Morgan fingerprint density at radius 1 is 1.20 bits per heavy atom. The van der Waals surface area contributed by atoms with E-state index in [1.807, 2.05) is 25.1 Å². The first kappa shape index (κ1) is 14.8. The van der Waals surface area contributed by atoms with E-state index >= 15 is 0 Å². The zero-order chi connectivity index (χ0) is 14.5. The Hall–Kier alpha value is -1.62. The molecule has 5 heteroatoms. The number of benzene rings is 1. The van der Waals surface area contributed by atoms with Gasteiger partial charge in [-0.15, -0.1) is 0 Å². The SMILES string of the molecule is CCCNc1nc(C)cc(Nc2cccc(C)c2Br)n1. The predicted octanol–water partition coefficient (Wildman–Crippen LogP) is 4.42. The summed E-state index contributed by atoms with van der Waals surface area (Å²) in [4.78, 5) is 8.86. The molecule has 2 aromatic rings. The largest absolute Gasteiger partial charge is 0.354 e. The van der Waals surface area contributed by atoms with Crippen LogP contribution in [-0.2, 0) is 0 Å². The van der Waals surface area contributed by atoms with E-state index in [1.54, 1.807) is 0 Å². The van der Waals surface area contributed by atoms with Gasteiger partial charge in [0.1, 0.15) is 5.82 Å². The van der Waals surface area contributed by atoms with Crippen LogP contribution < -0.4 is 10.6 Å². The van der Waals surface area contributed by atoms with Crippen LogP contribution in [0.1, 0.15) is 24.6 Å². The highest BCUT2D eigenvalue weighted by Crippen LogP contribution is 2.28. The molecule has 1 aromatic heterocycles. The van der Waals surface area contributed by atoms with E-state index < -0.39 is 0 Å². The number of aromatic nitrogens is 2. The summed E-state index contributed by atoms with van der Waals surface area (Å²) in [6, 6.07) is 8.04. The molecule has 2 N–H and O–H groups in total. The summed E-state index contributed by atoms with van der Waals surface area (Å²) in [7, 11) is 0. The van der Waals surface area contributed by atoms with Crippen molar-refractivity contribution in [2.24, 2.45) is 0 Å². The summed E-state index contributed by atoms with van der Waals surface area (Å²) < 4.78 is 1.05. The minimum Gasteiger partial charge on any atom is -0.354 e. The molecular formula is C15H19BrN4. The van der Waals surface area contributed by atoms with Crippen LogP contribution in [0.15, 0.2) is 28.7 Å². The van der Waals surface area contributed by atoms with Gasteiger partial charge in [-0.1, -0.05) is 19.1 Å². The number of nitrogens with one attached hydrogen (secondary N) is 2. The Labute approximate surface area is 128 Å². The first-order chi connectivity index (χ1) is 9.60. The minimum atomic E-state index is 0.665. The fourth-order valence-corrected chi connectivity index (χ4v) is 2.19. The second-order valence-corrected chi connectivity index (χ2v) is 5.50. The van der Waals surface area contributed by atoms with E-state index in [9.17, 15) is 0 Å². The van der Waals surface area contributed by atoms with Gasteiger partial charge >= 0.3 is 0 Å². The lowest BCUT2D eigenvalue weighted by Crippen LogP contribution is -2.07. The van der Waals surface area contributed by atoms with Gasteiger partial charge < -0.3 is 10.6 Å². The van der Waals surface area contributed by atoms with Crippen LogP contribution in [-0.4, -0.2) is 16.5 Å². The van der Waals surface area contributed by atoms with E-state index in [0.717, 1.165) is 34.6 Å². The average Bonchev–Trinajstić information content (AvgIpc) is 2.41. The number of rotatable bonds is 5. The third kappa shape index (κ3) is 3.70. The Bertz CT molecular complexity index is 598. The van der Waals surface area contributed by atoms with Crippen LogP contribution in [0.4, 0.5) is 17.5 Å². The molecule has 0 spiro atoms. The first-order valence-corrected chi connectivity index (χ1v) is 7.51. The molecule has 0 atom stereocenters. The van der Waals surface area contributed by atoms with Crippen LogP contribution in [0, 0.1) is 13.8 Å². The van der Waals surface area contributed by atoms with Crippen molar-refractivity contribution in [1.82, 2.24) is 9.97 Å². The van der Waals surface area contributed by atoms with E-state index in [0.29, 0.717) is 5.95 Å². The molecule has 4 nitrogen and oxygen atoms in total. The molecular weight excluding hydrogens is 316 g/mol. The topological polar surface area (TPSA) is 49.8 Å². The van der Waals surface area contributed by atoms with Crippen LogP contribution in [0.2, 0.25) is 0 Å². The Morgan fingerprint density at radius 2 is 2.00 bits per heavy atom. The average molecular weight is 335 g/mol. The van der Waals surface area contributed by atoms with Crippen molar-refractivity contribution in [3.8, 4) is 0 Å². The number of hydrogen-bond donors (Lipinski definition) is 2. The van der Waals surface area contributed by atoms with Crippen molar-refractivity contribution >= 4 is 33.4 Å². The maximum absolute atomic E-state index is 4.48. The number of aryl methyl sites for hydroxylation is 2. The number of halogens is 1. The highest BCUT2D eigenvalue weighted by molar-refractivity contribution is 9.10. The highest BCUT2D eigenvalue weighted by atomic mass is 79.9.